The van der Waals surface area contributed by atoms with E-state index < -0.39 is 0 Å². The first-order valence-corrected chi connectivity index (χ1v) is 6.10. The van der Waals surface area contributed by atoms with E-state index in [4.69, 9.17) is 4.84 Å². The fraction of sp³-hybridized carbons (Fsp3) is 0.455. The summed E-state index contributed by atoms with van der Waals surface area (Å²) >= 11 is 1.20. The molecule has 0 saturated carbocycles. The van der Waals surface area contributed by atoms with Crippen LogP contribution in [0.1, 0.15) is 30.4 Å². The van der Waals surface area contributed by atoms with Crippen LogP contribution in [0.15, 0.2) is 12.1 Å². The molecule has 17 heavy (non-hydrogen) atoms. The molecule has 6 heteroatoms. The van der Waals surface area contributed by atoms with Gasteiger partial charge in [-0.15, -0.1) is 11.3 Å². The minimum atomic E-state index is -0.299. The highest BCUT2D eigenvalue weighted by molar-refractivity contribution is 7.18. The number of anilines is 1. The number of carbonyl (C=O) groups is 2. The molecule has 0 bridgehead atoms. The highest BCUT2D eigenvalue weighted by Gasteiger charge is 2.09. The Balaban J connectivity index is 2.46. The minimum absolute atomic E-state index is 0.158. The lowest BCUT2D eigenvalue weighted by molar-refractivity contribution is -0.114. The fourth-order valence-corrected chi connectivity index (χ4v) is 1.86. The van der Waals surface area contributed by atoms with Crippen LogP contribution in [0.2, 0.25) is 0 Å². The summed E-state index contributed by atoms with van der Waals surface area (Å²) in [7, 11) is 0. The van der Waals surface area contributed by atoms with Gasteiger partial charge in [0.1, 0.15) is 0 Å². The van der Waals surface area contributed by atoms with E-state index >= 15 is 0 Å². The summed E-state index contributed by atoms with van der Waals surface area (Å²) in [6.45, 7) is 5.87. The van der Waals surface area contributed by atoms with Crippen LogP contribution >= 0.6 is 11.3 Å². The molecule has 1 aromatic rings. The third kappa shape index (κ3) is 4.97. The molecule has 0 radical (unpaired) electrons. The van der Waals surface area contributed by atoms with Crippen molar-refractivity contribution < 1.29 is 14.4 Å². The molecule has 1 rings (SSSR count). The Bertz CT molecular complexity index is 401. The summed E-state index contributed by atoms with van der Waals surface area (Å²) in [4.78, 5) is 27.9. The molecule has 0 unspecified atom stereocenters. The number of carbonyl (C=O) groups excluding carboxylic acids is 2. The molecule has 0 fully saturated rings. The molecule has 0 atom stereocenters. The van der Waals surface area contributed by atoms with Crippen LogP contribution in [-0.2, 0) is 9.63 Å². The summed E-state index contributed by atoms with van der Waals surface area (Å²) < 4.78 is 0. The quantitative estimate of drug-likeness (QED) is 0.792. The molecule has 1 heterocycles. The summed E-state index contributed by atoms with van der Waals surface area (Å²) in [5.74, 6) is -0.101. The molecule has 0 saturated heterocycles. The summed E-state index contributed by atoms with van der Waals surface area (Å²) in [5.41, 5.74) is 2.36. The molecule has 0 aliphatic heterocycles. The van der Waals surface area contributed by atoms with Crippen LogP contribution in [0, 0.1) is 5.92 Å². The van der Waals surface area contributed by atoms with Crippen molar-refractivity contribution in [3.05, 3.63) is 17.0 Å². The smallest absolute Gasteiger partial charge is 0.284 e. The summed E-state index contributed by atoms with van der Waals surface area (Å²) in [6, 6.07) is 3.33. The van der Waals surface area contributed by atoms with Crippen LogP contribution in [0.3, 0.4) is 0 Å². The van der Waals surface area contributed by atoms with E-state index in [0.717, 1.165) is 0 Å². The SMILES string of the molecule is CC(=O)Nc1ccc(C(=O)NOCC(C)C)s1. The maximum absolute atomic E-state index is 11.6. The van der Waals surface area contributed by atoms with Gasteiger partial charge in [-0.05, 0) is 18.1 Å². The molecule has 0 aliphatic carbocycles. The highest BCUT2D eigenvalue weighted by atomic mass is 32.1. The Kier molecular flexibility index (Phi) is 5.11. The van der Waals surface area contributed by atoms with Crippen molar-refractivity contribution in [1.29, 1.82) is 0 Å². The van der Waals surface area contributed by atoms with Crippen molar-refractivity contribution in [2.45, 2.75) is 20.8 Å². The maximum Gasteiger partial charge on any atom is 0.284 e. The predicted octanol–water partition coefficient (Wildman–Crippen LogP) is 2.02. The van der Waals surface area contributed by atoms with Crippen LogP contribution in [0.5, 0.6) is 0 Å². The van der Waals surface area contributed by atoms with Gasteiger partial charge in [-0.1, -0.05) is 13.8 Å². The van der Waals surface area contributed by atoms with Gasteiger partial charge in [-0.2, -0.15) is 0 Å². The van der Waals surface area contributed by atoms with E-state index in [0.29, 0.717) is 22.4 Å². The topological polar surface area (TPSA) is 67.4 Å². The average molecular weight is 256 g/mol. The first-order chi connectivity index (χ1) is 7.99. The zero-order valence-corrected chi connectivity index (χ0v) is 10.9. The van der Waals surface area contributed by atoms with E-state index in [1.807, 2.05) is 13.8 Å². The van der Waals surface area contributed by atoms with Crippen LogP contribution < -0.4 is 10.8 Å². The zero-order valence-electron chi connectivity index (χ0n) is 10.1. The van der Waals surface area contributed by atoms with Crippen molar-refractivity contribution in [3.8, 4) is 0 Å². The Hall–Kier alpha value is -1.40. The molecule has 5 nitrogen and oxygen atoms in total. The number of hydrogen-bond donors (Lipinski definition) is 2. The van der Waals surface area contributed by atoms with E-state index in [9.17, 15) is 9.59 Å². The molecular weight excluding hydrogens is 240 g/mol. The van der Waals surface area contributed by atoms with E-state index in [2.05, 4.69) is 10.8 Å². The predicted molar refractivity (Wildman–Crippen MR) is 66.9 cm³/mol. The molecule has 0 aromatic carbocycles. The van der Waals surface area contributed by atoms with Crippen molar-refractivity contribution in [1.82, 2.24) is 5.48 Å². The number of thiophene rings is 1. The minimum Gasteiger partial charge on any atom is -0.318 e. The van der Waals surface area contributed by atoms with Crippen molar-refractivity contribution in [3.63, 3.8) is 0 Å². The van der Waals surface area contributed by atoms with Crippen LogP contribution in [-0.4, -0.2) is 18.4 Å². The first kappa shape index (κ1) is 13.7. The number of rotatable bonds is 5. The van der Waals surface area contributed by atoms with Crippen molar-refractivity contribution in [2.24, 2.45) is 5.92 Å². The van der Waals surface area contributed by atoms with Gasteiger partial charge in [-0.3, -0.25) is 14.4 Å². The van der Waals surface area contributed by atoms with Gasteiger partial charge in [0.25, 0.3) is 5.91 Å². The summed E-state index contributed by atoms with van der Waals surface area (Å²) in [6.07, 6.45) is 0. The summed E-state index contributed by atoms with van der Waals surface area (Å²) in [5, 5.41) is 3.26. The second-order valence-electron chi connectivity index (χ2n) is 3.98. The van der Waals surface area contributed by atoms with Gasteiger partial charge in [0.15, 0.2) is 0 Å². The number of nitrogens with one attached hydrogen (secondary N) is 2. The second kappa shape index (κ2) is 6.36. The Morgan fingerprint density at radius 2 is 2.12 bits per heavy atom. The molecular formula is C11H16N2O3S. The highest BCUT2D eigenvalue weighted by Crippen LogP contribution is 2.21. The van der Waals surface area contributed by atoms with Gasteiger partial charge < -0.3 is 5.32 Å². The third-order valence-corrected chi connectivity index (χ3v) is 2.71. The Labute approximate surface area is 104 Å². The number of hydrogen-bond acceptors (Lipinski definition) is 4. The second-order valence-corrected chi connectivity index (χ2v) is 5.06. The maximum atomic E-state index is 11.6. The Morgan fingerprint density at radius 3 is 2.71 bits per heavy atom. The van der Waals surface area contributed by atoms with Gasteiger partial charge in [0, 0.05) is 6.92 Å². The Morgan fingerprint density at radius 1 is 1.41 bits per heavy atom. The zero-order chi connectivity index (χ0) is 12.8. The van der Waals surface area contributed by atoms with E-state index in [1.165, 1.54) is 18.3 Å². The lowest BCUT2D eigenvalue weighted by Gasteiger charge is -2.06. The van der Waals surface area contributed by atoms with Crippen LogP contribution in [0.25, 0.3) is 0 Å². The van der Waals surface area contributed by atoms with Gasteiger partial charge in [0.2, 0.25) is 5.91 Å². The molecule has 0 aliphatic rings. The van der Waals surface area contributed by atoms with E-state index in [-0.39, 0.29) is 11.8 Å². The monoisotopic (exact) mass is 256 g/mol. The molecule has 94 valence electrons. The number of amides is 2. The van der Waals surface area contributed by atoms with E-state index in [1.54, 1.807) is 12.1 Å². The van der Waals surface area contributed by atoms with Crippen LogP contribution in [0.4, 0.5) is 5.00 Å². The number of hydroxylamine groups is 1. The first-order valence-electron chi connectivity index (χ1n) is 5.28. The molecule has 1 aromatic heterocycles. The largest absolute Gasteiger partial charge is 0.318 e. The normalized spacial score (nSPS) is 10.4. The molecule has 0 spiro atoms. The average Bonchev–Trinajstić information content (AvgIpc) is 2.64. The van der Waals surface area contributed by atoms with Gasteiger partial charge >= 0.3 is 0 Å². The van der Waals surface area contributed by atoms with Crippen molar-refractivity contribution in [2.75, 3.05) is 11.9 Å². The third-order valence-electron chi connectivity index (χ3n) is 1.71. The molecule has 2 N–H and O–H groups in total. The van der Waals surface area contributed by atoms with Gasteiger partial charge in [0.05, 0.1) is 16.5 Å². The fourth-order valence-electron chi connectivity index (χ4n) is 1.02. The molecule has 2 amide bonds. The lowest BCUT2D eigenvalue weighted by Crippen LogP contribution is -2.24. The standard InChI is InChI=1S/C11H16N2O3S/c1-7(2)6-16-13-11(15)9-4-5-10(17-9)12-8(3)14/h4-5,7H,6H2,1-3H3,(H,12,14)(H,13,15). The van der Waals surface area contributed by atoms with Gasteiger partial charge in [-0.25, -0.2) is 5.48 Å². The lowest BCUT2D eigenvalue weighted by atomic mass is 10.2. The van der Waals surface area contributed by atoms with Crippen molar-refractivity contribution >= 4 is 28.2 Å².